The van der Waals surface area contributed by atoms with Gasteiger partial charge in [0.05, 0.1) is 15.5 Å². The third-order valence-electron chi connectivity index (χ3n) is 5.04. The molecule has 0 aliphatic carbocycles. The summed E-state index contributed by atoms with van der Waals surface area (Å²) < 4.78 is 28.2. The summed E-state index contributed by atoms with van der Waals surface area (Å²) in [5, 5.41) is 20.7. The first-order chi connectivity index (χ1) is 12.8. The number of anilines is 1. The molecule has 1 aliphatic rings. The van der Waals surface area contributed by atoms with Crippen molar-refractivity contribution in [1.82, 2.24) is 0 Å². The fourth-order valence-corrected chi connectivity index (χ4v) is 5.34. The molecule has 0 aromatic heterocycles. The van der Waals surface area contributed by atoms with Crippen LogP contribution in [-0.2, 0) is 22.9 Å². The van der Waals surface area contributed by atoms with Crippen LogP contribution >= 0.6 is 0 Å². The first-order valence-corrected chi connectivity index (χ1v) is 10.4. The number of hydrogen-bond donors (Lipinski definition) is 1. The maximum Gasteiger partial charge on any atom is 0.312 e. The number of phenols is 1. The second kappa shape index (κ2) is 7.19. The maximum atomic E-state index is 13.4. The van der Waals surface area contributed by atoms with Crippen LogP contribution < -0.4 is 4.31 Å². The van der Waals surface area contributed by atoms with Gasteiger partial charge in [-0.2, -0.15) is 0 Å². The maximum absolute atomic E-state index is 13.4. The molecular formula is C19H22N2O5S. The predicted molar refractivity (Wildman–Crippen MR) is 103 cm³/mol. The minimum absolute atomic E-state index is 0.196. The number of nitro groups is 1. The first-order valence-electron chi connectivity index (χ1n) is 8.93. The number of sulfonamides is 1. The minimum Gasteiger partial charge on any atom is -0.502 e. The molecule has 2 aromatic carbocycles. The van der Waals surface area contributed by atoms with Crippen LogP contribution in [0.1, 0.15) is 37.8 Å². The van der Waals surface area contributed by atoms with Gasteiger partial charge < -0.3 is 5.11 Å². The minimum atomic E-state index is -4.01. The van der Waals surface area contributed by atoms with Crippen molar-refractivity contribution >= 4 is 21.4 Å². The molecule has 1 atom stereocenters. The highest BCUT2D eigenvalue weighted by molar-refractivity contribution is 7.92. The molecule has 7 nitrogen and oxygen atoms in total. The normalized spacial score (nSPS) is 16.8. The van der Waals surface area contributed by atoms with Gasteiger partial charge in [-0.25, -0.2) is 8.42 Å². The standard InChI is InChI=1S/C19H22N2O5S/c1-3-13-5-9-17-14(11-13)6-7-15(4-2)20(17)27(25,26)16-8-10-19(22)18(12-16)21(23)24/h5,8-12,15,22H,3-4,6-7H2,1-2H3. The summed E-state index contributed by atoms with van der Waals surface area (Å²) in [5.74, 6) is -0.558. The summed E-state index contributed by atoms with van der Waals surface area (Å²) in [5.41, 5.74) is 2.11. The van der Waals surface area contributed by atoms with E-state index in [-0.39, 0.29) is 10.9 Å². The van der Waals surface area contributed by atoms with Gasteiger partial charge in [0.1, 0.15) is 0 Å². The molecule has 1 aliphatic heterocycles. The van der Waals surface area contributed by atoms with Gasteiger partial charge in [0.15, 0.2) is 5.75 Å². The Kier molecular flexibility index (Phi) is 5.10. The summed E-state index contributed by atoms with van der Waals surface area (Å²) in [6.07, 6.45) is 2.98. The molecule has 27 heavy (non-hydrogen) atoms. The number of fused-ring (bicyclic) bond motifs is 1. The smallest absolute Gasteiger partial charge is 0.312 e. The Morgan fingerprint density at radius 2 is 1.96 bits per heavy atom. The van der Waals surface area contributed by atoms with E-state index in [0.717, 1.165) is 36.1 Å². The van der Waals surface area contributed by atoms with Gasteiger partial charge in [-0.1, -0.05) is 26.0 Å². The molecule has 3 rings (SSSR count). The highest BCUT2D eigenvalue weighted by atomic mass is 32.2. The number of aromatic hydroxyl groups is 1. The fraction of sp³-hybridized carbons (Fsp3) is 0.368. The lowest BCUT2D eigenvalue weighted by molar-refractivity contribution is -0.386. The molecule has 1 unspecified atom stereocenters. The fourth-order valence-electron chi connectivity index (χ4n) is 3.53. The molecule has 0 saturated heterocycles. The largest absolute Gasteiger partial charge is 0.502 e. The van der Waals surface area contributed by atoms with Crippen LogP contribution in [-0.4, -0.2) is 24.5 Å². The van der Waals surface area contributed by atoms with Gasteiger partial charge in [-0.15, -0.1) is 0 Å². The Bertz CT molecular complexity index is 988. The number of rotatable bonds is 5. The van der Waals surface area contributed by atoms with Crippen molar-refractivity contribution in [3.63, 3.8) is 0 Å². The van der Waals surface area contributed by atoms with Crippen LogP contribution in [0.3, 0.4) is 0 Å². The zero-order valence-corrected chi connectivity index (χ0v) is 16.1. The van der Waals surface area contributed by atoms with Gasteiger partial charge >= 0.3 is 5.69 Å². The molecule has 0 fully saturated rings. The van der Waals surface area contributed by atoms with Crippen molar-refractivity contribution in [3.05, 3.63) is 57.6 Å². The van der Waals surface area contributed by atoms with Crippen molar-refractivity contribution in [2.45, 2.75) is 50.5 Å². The number of aryl methyl sites for hydroxylation is 2. The van der Waals surface area contributed by atoms with E-state index in [1.54, 1.807) is 0 Å². The molecule has 2 aromatic rings. The molecular weight excluding hydrogens is 368 g/mol. The average Bonchev–Trinajstić information content (AvgIpc) is 2.66. The highest BCUT2D eigenvalue weighted by Gasteiger charge is 2.36. The van der Waals surface area contributed by atoms with Gasteiger partial charge in [0.25, 0.3) is 10.0 Å². The lowest BCUT2D eigenvalue weighted by Crippen LogP contribution is -2.43. The Hall–Kier alpha value is -2.61. The average molecular weight is 390 g/mol. The van der Waals surface area contributed by atoms with Gasteiger partial charge in [-0.3, -0.25) is 14.4 Å². The number of nitro benzene ring substituents is 1. The zero-order chi connectivity index (χ0) is 19.8. The Morgan fingerprint density at radius 1 is 1.22 bits per heavy atom. The van der Waals surface area contributed by atoms with Crippen molar-refractivity contribution in [2.75, 3.05) is 4.31 Å². The summed E-state index contributed by atoms with van der Waals surface area (Å²) in [7, 11) is -4.01. The van der Waals surface area contributed by atoms with Crippen LogP contribution in [0.25, 0.3) is 0 Å². The van der Waals surface area contributed by atoms with Crippen molar-refractivity contribution < 1.29 is 18.4 Å². The molecule has 0 bridgehead atoms. The first kappa shape index (κ1) is 19.2. The molecule has 0 saturated carbocycles. The van der Waals surface area contributed by atoms with Crippen molar-refractivity contribution in [2.24, 2.45) is 0 Å². The summed E-state index contributed by atoms with van der Waals surface area (Å²) in [6.45, 7) is 3.97. The SMILES string of the molecule is CCc1ccc2c(c1)CCC(CC)N2S(=O)(=O)c1ccc(O)c([N+](=O)[O-])c1. The summed E-state index contributed by atoms with van der Waals surface area (Å²) >= 11 is 0. The number of phenolic OH excluding ortho intramolecular Hbond substituents is 1. The van der Waals surface area contributed by atoms with Gasteiger partial charge in [0.2, 0.25) is 0 Å². The monoisotopic (exact) mass is 390 g/mol. The van der Waals surface area contributed by atoms with Crippen molar-refractivity contribution in [1.29, 1.82) is 0 Å². The van der Waals surface area contributed by atoms with E-state index in [0.29, 0.717) is 18.5 Å². The van der Waals surface area contributed by atoms with Gasteiger partial charge in [-0.05, 0) is 55.0 Å². The van der Waals surface area contributed by atoms with Crippen LogP contribution in [0.2, 0.25) is 0 Å². The lowest BCUT2D eigenvalue weighted by Gasteiger charge is -2.37. The molecule has 0 spiro atoms. The zero-order valence-electron chi connectivity index (χ0n) is 15.3. The Morgan fingerprint density at radius 3 is 2.59 bits per heavy atom. The van der Waals surface area contributed by atoms with Crippen LogP contribution in [0.15, 0.2) is 41.3 Å². The van der Waals surface area contributed by atoms with Crippen molar-refractivity contribution in [3.8, 4) is 5.75 Å². The number of nitrogens with zero attached hydrogens (tertiary/aromatic N) is 2. The topological polar surface area (TPSA) is 101 Å². The number of hydrogen-bond acceptors (Lipinski definition) is 5. The third-order valence-corrected chi connectivity index (χ3v) is 6.90. The third kappa shape index (κ3) is 3.37. The van der Waals surface area contributed by atoms with E-state index in [1.165, 1.54) is 10.4 Å². The molecule has 1 heterocycles. The lowest BCUT2D eigenvalue weighted by atomic mass is 9.94. The molecule has 1 N–H and O–H groups in total. The van der Waals surface area contributed by atoms with E-state index in [9.17, 15) is 23.6 Å². The summed E-state index contributed by atoms with van der Waals surface area (Å²) in [6, 6.07) is 8.73. The second-order valence-electron chi connectivity index (χ2n) is 6.63. The summed E-state index contributed by atoms with van der Waals surface area (Å²) in [4.78, 5) is 10.1. The quantitative estimate of drug-likeness (QED) is 0.618. The van der Waals surface area contributed by atoms with Crippen LogP contribution in [0, 0.1) is 10.1 Å². The van der Waals surface area contributed by atoms with E-state index >= 15 is 0 Å². The molecule has 0 radical (unpaired) electrons. The van der Waals surface area contributed by atoms with Gasteiger partial charge in [0, 0.05) is 12.1 Å². The molecule has 144 valence electrons. The Labute approximate surface area is 158 Å². The highest BCUT2D eigenvalue weighted by Crippen LogP contribution is 2.38. The van der Waals surface area contributed by atoms with E-state index in [2.05, 4.69) is 0 Å². The Balaban J connectivity index is 2.15. The van der Waals surface area contributed by atoms with Crippen LogP contribution in [0.5, 0.6) is 5.75 Å². The van der Waals surface area contributed by atoms with E-state index in [4.69, 9.17) is 0 Å². The van der Waals surface area contributed by atoms with E-state index < -0.39 is 26.4 Å². The molecule has 0 amide bonds. The number of benzene rings is 2. The molecule has 8 heteroatoms. The second-order valence-corrected chi connectivity index (χ2v) is 8.44. The van der Waals surface area contributed by atoms with Crippen LogP contribution in [0.4, 0.5) is 11.4 Å². The van der Waals surface area contributed by atoms with E-state index in [1.807, 2.05) is 32.0 Å². The predicted octanol–water partition coefficient (Wildman–Crippen LogP) is 3.78.